The highest BCUT2D eigenvalue weighted by Crippen LogP contribution is 2.14. The minimum absolute atomic E-state index is 0.103. The van der Waals surface area contributed by atoms with Crippen LogP contribution in [0, 0.1) is 0 Å². The third-order valence-electron chi connectivity index (χ3n) is 7.55. The molecule has 0 heterocycles. The first-order valence-corrected chi connectivity index (χ1v) is 18.5. The van der Waals surface area contributed by atoms with Gasteiger partial charge in [0, 0.05) is 6.42 Å². The summed E-state index contributed by atoms with van der Waals surface area (Å²) in [5.41, 5.74) is 0. The SMILES string of the molecule is CCCCCCCC.CCCCCCCC.CCCCCCCCCCCCCCCCCC(=O)OCC(O)CO. The average molecular weight is 587 g/mol. The fourth-order valence-corrected chi connectivity index (χ4v) is 4.66. The number of esters is 1. The van der Waals surface area contributed by atoms with E-state index in [0.717, 1.165) is 12.8 Å². The number of unbranched alkanes of at least 4 members (excludes halogenated alkanes) is 24. The lowest BCUT2D eigenvalue weighted by molar-refractivity contribution is -0.147. The predicted octanol–water partition coefficient (Wildman–Crippen LogP) is 11.9. The molecule has 0 aromatic heterocycles. The maximum Gasteiger partial charge on any atom is 0.305 e. The maximum atomic E-state index is 11.4. The molecule has 0 amide bonds. The van der Waals surface area contributed by atoms with Crippen molar-refractivity contribution in [2.45, 2.75) is 221 Å². The first kappa shape index (κ1) is 44.8. The van der Waals surface area contributed by atoms with Crippen LogP contribution in [-0.4, -0.2) is 35.5 Å². The molecule has 0 aliphatic heterocycles. The topological polar surface area (TPSA) is 66.8 Å². The molecule has 250 valence electrons. The average Bonchev–Trinajstić information content (AvgIpc) is 2.99. The molecule has 4 nitrogen and oxygen atoms in total. The van der Waals surface area contributed by atoms with Gasteiger partial charge in [-0.2, -0.15) is 0 Å². The molecule has 0 rings (SSSR count). The molecule has 1 atom stereocenters. The van der Waals surface area contributed by atoms with Crippen LogP contribution in [0.5, 0.6) is 0 Å². The molecule has 1 unspecified atom stereocenters. The molecule has 0 bridgehead atoms. The van der Waals surface area contributed by atoms with Crippen LogP contribution in [-0.2, 0) is 9.53 Å². The van der Waals surface area contributed by atoms with Crippen molar-refractivity contribution in [3.63, 3.8) is 0 Å². The van der Waals surface area contributed by atoms with Crippen molar-refractivity contribution in [3.8, 4) is 0 Å². The molecule has 41 heavy (non-hydrogen) atoms. The van der Waals surface area contributed by atoms with Gasteiger partial charge in [-0.3, -0.25) is 4.79 Å². The zero-order valence-corrected chi connectivity index (χ0v) is 29.0. The molecule has 0 aromatic rings. The third kappa shape index (κ3) is 49.4. The second-order valence-corrected chi connectivity index (χ2v) is 12.0. The molecule has 0 saturated heterocycles. The second kappa shape index (κ2) is 43.8. The van der Waals surface area contributed by atoms with E-state index in [2.05, 4.69) is 34.6 Å². The molecule has 4 heteroatoms. The van der Waals surface area contributed by atoms with Crippen molar-refractivity contribution in [3.05, 3.63) is 0 Å². The van der Waals surface area contributed by atoms with Gasteiger partial charge in [-0.05, 0) is 6.42 Å². The van der Waals surface area contributed by atoms with E-state index in [0.29, 0.717) is 6.42 Å². The number of aliphatic hydroxyl groups excluding tert-OH is 2. The molecule has 0 radical (unpaired) electrons. The summed E-state index contributed by atoms with van der Waals surface area (Å²) in [6, 6.07) is 0. The van der Waals surface area contributed by atoms with Crippen LogP contribution in [0.25, 0.3) is 0 Å². The highest BCUT2D eigenvalue weighted by Gasteiger charge is 2.07. The van der Waals surface area contributed by atoms with Crippen LogP contribution < -0.4 is 0 Å². The van der Waals surface area contributed by atoms with Gasteiger partial charge in [0.1, 0.15) is 12.7 Å². The number of carbonyl (C=O) groups is 1. The Morgan fingerprint density at radius 2 is 0.707 bits per heavy atom. The minimum Gasteiger partial charge on any atom is -0.463 e. The van der Waals surface area contributed by atoms with Gasteiger partial charge < -0.3 is 14.9 Å². The maximum absolute atomic E-state index is 11.4. The van der Waals surface area contributed by atoms with Gasteiger partial charge in [0.15, 0.2) is 0 Å². The molecule has 0 fully saturated rings. The molecule has 0 aliphatic carbocycles. The number of ether oxygens (including phenoxy) is 1. The number of carbonyl (C=O) groups excluding carboxylic acids is 1. The number of rotatable bonds is 29. The lowest BCUT2D eigenvalue weighted by Crippen LogP contribution is -2.21. The van der Waals surface area contributed by atoms with E-state index in [9.17, 15) is 4.79 Å². The Hall–Kier alpha value is -0.610. The summed E-state index contributed by atoms with van der Waals surface area (Å²) in [5, 5.41) is 17.7. The standard InChI is InChI=1S/C21H42O4.2C8H18/c1-2-3-4-5-6-7-8-9-10-11-12-13-14-15-16-17-21(24)25-19-20(23)18-22;2*1-3-5-7-8-6-4-2/h20,22-23H,2-19H2,1H3;2*3-8H2,1-2H3. The predicted molar refractivity (Wildman–Crippen MR) is 182 cm³/mol. The van der Waals surface area contributed by atoms with Gasteiger partial charge in [0.2, 0.25) is 0 Å². The van der Waals surface area contributed by atoms with Gasteiger partial charge in [0.25, 0.3) is 0 Å². The van der Waals surface area contributed by atoms with Gasteiger partial charge in [-0.15, -0.1) is 0 Å². The number of hydrogen-bond acceptors (Lipinski definition) is 4. The van der Waals surface area contributed by atoms with Crippen LogP contribution in [0.2, 0.25) is 0 Å². The summed E-state index contributed by atoms with van der Waals surface area (Å²) >= 11 is 0. The zero-order valence-electron chi connectivity index (χ0n) is 29.0. The van der Waals surface area contributed by atoms with Crippen molar-refractivity contribution in [2.24, 2.45) is 0 Å². The first-order chi connectivity index (χ1) is 20.0. The van der Waals surface area contributed by atoms with Crippen LogP contribution in [0.1, 0.15) is 214 Å². The number of aliphatic hydroxyl groups is 2. The van der Waals surface area contributed by atoms with Gasteiger partial charge in [-0.1, -0.05) is 202 Å². The van der Waals surface area contributed by atoms with Crippen molar-refractivity contribution in [1.29, 1.82) is 0 Å². The summed E-state index contributed by atoms with van der Waals surface area (Å²) in [4.78, 5) is 11.4. The summed E-state index contributed by atoms with van der Waals surface area (Å²) in [6.45, 7) is 10.8. The van der Waals surface area contributed by atoms with Gasteiger partial charge >= 0.3 is 5.97 Å². The molecule has 0 aromatic carbocycles. The fourth-order valence-electron chi connectivity index (χ4n) is 4.66. The minimum atomic E-state index is -0.954. The van der Waals surface area contributed by atoms with E-state index in [1.54, 1.807) is 0 Å². The lowest BCUT2D eigenvalue weighted by atomic mass is 10.0. The highest BCUT2D eigenvalue weighted by molar-refractivity contribution is 5.69. The summed E-state index contributed by atoms with van der Waals surface area (Å²) in [5.74, 6) is -0.276. The zero-order chi connectivity index (χ0) is 31.1. The van der Waals surface area contributed by atoms with Crippen molar-refractivity contribution < 1.29 is 19.7 Å². The molecule has 0 spiro atoms. The number of hydrogen-bond donors (Lipinski definition) is 2. The molecular weight excluding hydrogens is 508 g/mol. The summed E-state index contributed by atoms with van der Waals surface area (Å²) in [7, 11) is 0. The Labute approximate surface area is 259 Å². The molecular formula is C37H78O4. The van der Waals surface area contributed by atoms with Crippen molar-refractivity contribution in [1.82, 2.24) is 0 Å². The fraction of sp³-hybridized carbons (Fsp3) is 0.973. The van der Waals surface area contributed by atoms with Crippen LogP contribution in [0.15, 0.2) is 0 Å². The first-order valence-electron chi connectivity index (χ1n) is 18.5. The summed E-state index contributed by atoms with van der Waals surface area (Å²) < 4.78 is 4.86. The van der Waals surface area contributed by atoms with E-state index in [-0.39, 0.29) is 19.2 Å². The molecule has 2 N–H and O–H groups in total. The highest BCUT2D eigenvalue weighted by atomic mass is 16.5. The van der Waals surface area contributed by atoms with E-state index < -0.39 is 6.10 Å². The van der Waals surface area contributed by atoms with Crippen LogP contribution >= 0.6 is 0 Å². The van der Waals surface area contributed by atoms with Gasteiger partial charge in [-0.25, -0.2) is 0 Å². The van der Waals surface area contributed by atoms with Crippen molar-refractivity contribution in [2.75, 3.05) is 13.2 Å². The van der Waals surface area contributed by atoms with E-state index in [1.165, 1.54) is 161 Å². The Morgan fingerprint density at radius 3 is 0.951 bits per heavy atom. The van der Waals surface area contributed by atoms with Crippen molar-refractivity contribution >= 4 is 5.97 Å². The molecule has 0 aliphatic rings. The molecule has 0 saturated carbocycles. The van der Waals surface area contributed by atoms with Crippen LogP contribution in [0.4, 0.5) is 0 Å². The van der Waals surface area contributed by atoms with E-state index in [4.69, 9.17) is 14.9 Å². The quantitative estimate of drug-likeness (QED) is 0.0675. The Morgan fingerprint density at radius 1 is 0.463 bits per heavy atom. The van der Waals surface area contributed by atoms with E-state index >= 15 is 0 Å². The normalized spacial score (nSPS) is 11.3. The lowest BCUT2D eigenvalue weighted by Gasteiger charge is -2.08. The smallest absolute Gasteiger partial charge is 0.305 e. The van der Waals surface area contributed by atoms with E-state index in [1.807, 2.05) is 0 Å². The summed E-state index contributed by atoms with van der Waals surface area (Å²) in [6.07, 6.45) is 36.0. The Kier molecular flexibility index (Phi) is 47.9. The third-order valence-corrected chi connectivity index (χ3v) is 7.55. The van der Waals surface area contributed by atoms with Gasteiger partial charge in [0.05, 0.1) is 6.61 Å². The second-order valence-electron chi connectivity index (χ2n) is 12.0. The largest absolute Gasteiger partial charge is 0.463 e. The monoisotopic (exact) mass is 587 g/mol. The Balaban J connectivity index is -0.000000731. The van der Waals surface area contributed by atoms with Crippen LogP contribution in [0.3, 0.4) is 0 Å². The Bertz CT molecular complexity index is 417.